The number of rotatable bonds is 3. The van der Waals surface area contributed by atoms with E-state index >= 15 is 0 Å². The average Bonchev–Trinajstić information content (AvgIpc) is 2.46. The van der Waals surface area contributed by atoms with Crippen LogP contribution in [-0.4, -0.2) is 24.0 Å². The van der Waals surface area contributed by atoms with Gasteiger partial charge in [0.1, 0.15) is 0 Å². The second-order valence-electron chi connectivity index (χ2n) is 4.23. The van der Waals surface area contributed by atoms with Gasteiger partial charge >= 0.3 is 11.8 Å². The Bertz CT molecular complexity index is 721. The van der Waals surface area contributed by atoms with Crippen LogP contribution in [0.1, 0.15) is 5.56 Å². The Morgan fingerprint density at radius 3 is 2.55 bits per heavy atom. The summed E-state index contributed by atoms with van der Waals surface area (Å²) in [5.74, 6) is -8.08. The molecule has 0 radical (unpaired) electrons. The zero-order chi connectivity index (χ0) is 16.7. The molecule has 1 aliphatic rings. The third-order valence-electron chi connectivity index (χ3n) is 2.99. The molecule has 118 valence electrons. The molecule has 0 saturated heterocycles. The minimum absolute atomic E-state index is 0.125. The quantitative estimate of drug-likeness (QED) is 0.815. The summed E-state index contributed by atoms with van der Waals surface area (Å²) in [5, 5.41) is 9.77. The predicted octanol–water partition coefficient (Wildman–Crippen LogP) is 3.60. The number of methoxy groups -OCH3 is 1. The second-order valence-corrected chi connectivity index (χ2v) is 5.02. The van der Waals surface area contributed by atoms with Gasteiger partial charge in [0, 0.05) is 11.8 Å². The van der Waals surface area contributed by atoms with E-state index < -0.39 is 45.3 Å². The number of benzene rings is 1. The topological polar surface area (TPSA) is 58.6 Å². The summed E-state index contributed by atoms with van der Waals surface area (Å²) in [6.07, 6.45) is 0.449. The molecule has 1 unspecified atom stereocenters. The summed E-state index contributed by atoms with van der Waals surface area (Å²) in [6, 6.07) is 2.13. The predicted molar refractivity (Wildman–Crippen MR) is 74.5 cm³/mol. The van der Waals surface area contributed by atoms with Crippen LogP contribution in [0.5, 0.6) is 5.75 Å². The largest absolute Gasteiger partial charge is 0.492 e. The van der Waals surface area contributed by atoms with Gasteiger partial charge in [0.05, 0.1) is 22.7 Å². The van der Waals surface area contributed by atoms with Crippen molar-refractivity contribution in [2.45, 2.75) is 5.79 Å². The number of dihydropyridines is 1. The minimum Gasteiger partial charge on any atom is -0.492 e. The molecule has 2 rings (SSSR count). The zero-order valence-corrected chi connectivity index (χ0v) is 12.4. The molecule has 0 bridgehead atoms. The van der Waals surface area contributed by atoms with Gasteiger partial charge in [-0.3, -0.25) is 0 Å². The molecule has 0 saturated carbocycles. The van der Waals surface area contributed by atoms with Gasteiger partial charge in [-0.2, -0.15) is 0 Å². The molecule has 9 heteroatoms. The number of carbonyl (C=O) groups is 1. The highest BCUT2D eigenvalue weighted by molar-refractivity contribution is 6.36. The molecule has 4 nitrogen and oxygen atoms in total. The summed E-state index contributed by atoms with van der Waals surface area (Å²) in [4.78, 5) is 11.2. The molecule has 22 heavy (non-hydrogen) atoms. The van der Waals surface area contributed by atoms with Crippen LogP contribution in [0.2, 0.25) is 5.02 Å². The van der Waals surface area contributed by atoms with Gasteiger partial charge in [-0.1, -0.05) is 23.2 Å². The first-order valence-electron chi connectivity index (χ1n) is 5.72. The molecule has 1 aromatic carbocycles. The summed E-state index contributed by atoms with van der Waals surface area (Å²) in [6.45, 7) is 0. The van der Waals surface area contributed by atoms with Crippen LogP contribution in [0.3, 0.4) is 0 Å². The highest BCUT2D eigenvalue weighted by Gasteiger charge is 2.48. The molecule has 0 amide bonds. The Morgan fingerprint density at radius 2 is 2.00 bits per heavy atom. The van der Waals surface area contributed by atoms with E-state index in [0.717, 1.165) is 19.2 Å². The van der Waals surface area contributed by atoms with Gasteiger partial charge in [0.15, 0.2) is 17.4 Å². The SMILES string of the molecule is COc1c(Cl)ccc(C2=C(Cl)C(F)=CNC2(F)C(=O)O)c1F. The molecule has 2 N–H and O–H groups in total. The maximum absolute atomic E-state index is 14.7. The summed E-state index contributed by atoms with van der Waals surface area (Å²) >= 11 is 11.4. The Morgan fingerprint density at radius 1 is 1.36 bits per heavy atom. The fourth-order valence-electron chi connectivity index (χ4n) is 1.95. The lowest BCUT2D eigenvalue weighted by molar-refractivity contribution is -0.148. The molecule has 0 aromatic heterocycles. The Balaban J connectivity index is 2.79. The van der Waals surface area contributed by atoms with Crippen LogP contribution in [-0.2, 0) is 4.79 Å². The number of carboxylic acid groups (broad SMARTS) is 1. The standard InChI is InChI=1S/C13H8Cl2F3NO3/c1-22-11-6(14)3-2-5(10(11)17)8-9(15)7(16)4-19-13(8,18)12(20)21/h2-4,19H,1H3,(H,20,21). The van der Waals surface area contributed by atoms with Crippen molar-refractivity contribution in [3.8, 4) is 5.75 Å². The Hall–Kier alpha value is -1.86. The van der Waals surface area contributed by atoms with Crippen LogP contribution in [0.25, 0.3) is 5.57 Å². The van der Waals surface area contributed by atoms with Crippen molar-refractivity contribution in [2.75, 3.05) is 7.11 Å². The lowest BCUT2D eigenvalue weighted by Gasteiger charge is -2.29. The van der Waals surface area contributed by atoms with E-state index in [1.807, 2.05) is 0 Å². The van der Waals surface area contributed by atoms with Crippen molar-refractivity contribution < 1.29 is 27.8 Å². The van der Waals surface area contributed by atoms with E-state index in [0.29, 0.717) is 6.20 Å². The van der Waals surface area contributed by atoms with Crippen molar-refractivity contribution in [2.24, 2.45) is 0 Å². The van der Waals surface area contributed by atoms with Gasteiger partial charge in [0.2, 0.25) is 0 Å². The zero-order valence-electron chi connectivity index (χ0n) is 10.9. The number of hydrogen-bond acceptors (Lipinski definition) is 3. The van der Waals surface area contributed by atoms with Gasteiger partial charge in [-0.15, -0.1) is 0 Å². The van der Waals surface area contributed by atoms with Crippen LogP contribution in [0.4, 0.5) is 13.2 Å². The van der Waals surface area contributed by atoms with Crippen LogP contribution in [0, 0.1) is 5.82 Å². The van der Waals surface area contributed by atoms with E-state index in [4.69, 9.17) is 33.0 Å². The second kappa shape index (κ2) is 5.73. The molecule has 1 heterocycles. The number of alkyl halides is 1. The third-order valence-corrected chi connectivity index (χ3v) is 3.66. The van der Waals surface area contributed by atoms with E-state index in [-0.39, 0.29) is 5.02 Å². The number of hydrogen-bond donors (Lipinski definition) is 2. The van der Waals surface area contributed by atoms with E-state index in [2.05, 4.69) is 0 Å². The van der Waals surface area contributed by atoms with E-state index in [9.17, 15) is 18.0 Å². The van der Waals surface area contributed by atoms with Crippen molar-refractivity contribution in [3.63, 3.8) is 0 Å². The van der Waals surface area contributed by atoms with E-state index in [1.165, 1.54) is 0 Å². The van der Waals surface area contributed by atoms with Crippen LogP contribution in [0.15, 0.2) is 29.2 Å². The molecule has 0 aliphatic carbocycles. The number of allylic oxidation sites excluding steroid dienone is 2. The molecule has 0 fully saturated rings. The first kappa shape index (κ1) is 16.5. The third kappa shape index (κ3) is 2.40. The number of aliphatic carboxylic acids is 1. The fraction of sp³-hybridized carbons (Fsp3) is 0.154. The van der Waals surface area contributed by atoms with Crippen LogP contribution < -0.4 is 10.1 Å². The first-order valence-corrected chi connectivity index (χ1v) is 6.48. The summed E-state index contributed by atoms with van der Waals surface area (Å²) < 4.78 is 47.4. The fourth-order valence-corrected chi connectivity index (χ4v) is 2.46. The van der Waals surface area contributed by atoms with Gasteiger partial charge in [-0.25, -0.2) is 18.0 Å². The first-order chi connectivity index (χ1) is 10.2. The lowest BCUT2D eigenvalue weighted by Crippen LogP contribution is -2.48. The van der Waals surface area contributed by atoms with Crippen molar-refractivity contribution in [1.82, 2.24) is 5.32 Å². The van der Waals surface area contributed by atoms with Crippen molar-refractivity contribution >= 4 is 34.7 Å². The smallest absolute Gasteiger partial charge is 0.367 e. The molecule has 1 aromatic rings. The highest BCUT2D eigenvalue weighted by atomic mass is 35.5. The Labute approximate surface area is 132 Å². The van der Waals surface area contributed by atoms with Crippen molar-refractivity contribution in [1.29, 1.82) is 0 Å². The average molecular weight is 354 g/mol. The monoisotopic (exact) mass is 353 g/mol. The van der Waals surface area contributed by atoms with E-state index in [1.54, 1.807) is 5.32 Å². The Kier molecular flexibility index (Phi) is 4.30. The maximum atomic E-state index is 14.7. The summed E-state index contributed by atoms with van der Waals surface area (Å²) in [5.41, 5.74) is -1.51. The van der Waals surface area contributed by atoms with Gasteiger partial charge in [0.25, 0.3) is 0 Å². The maximum Gasteiger partial charge on any atom is 0.367 e. The van der Waals surface area contributed by atoms with Crippen molar-refractivity contribution in [3.05, 3.63) is 45.6 Å². The molecule has 0 spiro atoms. The number of halogens is 5. The lowest BCUT2D eigenvalue weighted by atomic mass is 9.93. The van der Waals surface area contributed by atoms with Crippen LogP contribution >= 0.6 is 23.2 Å². The molecular formula is C13H8Cl2F3NO3. The highest BCUT2D eigenvalue weighted by Crippen LogP contribution is 2.43. The normalized spacial score (nSPS) is 21.3. The minimum atomic E-state index is -3.31. The van der Waals surface area contributed by atoms with Gasteiger partial charge in [-0.05, 0) is 12.1 Å². The number of carboxylic acids is 1. The van der Waals surface area contributed by atoms with Gasteiger partial charge < -0.3 is 15.2 Å². The molecular weight excluding hydrogens is 346 g/mol. The number of nitrogens with one attached hydrogen (secondary N) is 1. The number of ether oxygens (including phenoxy) is 1. The summed E-state index contributed by atoms with van der Waals surface area (Å²) in [7, 11) is 1.11. The molecule has 1 aliphatic heterocycles. The molecule has 1 atom stereocenters.